The molecule has 3 aromatic rings. The average molecular weight is 473 g/mol. The first-order valence-corrected chi connectivity index (χ1v) is 12.1. The van der Waals surface area contributed by atoms with Gasteiger partial charge in [-0.15, -0.1) is 0 Å². The summed E-state index contributed by atoms with van der Waals surface area (Å²) < 4.78 is 28.5. The molecule has 0 saturated heterocycles. The number of pyridine rings is 2. The summed E-state index contributed by atoms with van der Waals surface area (Å²) in [6.45, 7) is 5.69. The van der Waals surface area contributed by atoms with Crippen LogP contribution in [0.4, 0.5) is 11.6 Å². The highest BCUT2D eigenvalue weighted by molar-refractivity contribution is 7.92. The second-order valence-electron chi connectivity index (χ2n) is 8.51. The number of halogens is 1. The van der Waals surface area contributed by atoms with Crippen LogP contribution in [-0.2, 0) is 10.0 Å². The maximum atomic E-state index is 13.0. The zero-order valence-electron chi connectivity index (χ0n) is 18.1. The Labute approximate surface area is 192 Å². The Bertz CT molecular complexity index is 1250. The Morgan fingerprint density at radius 3 is 2.31 bits per heavy atom. The molecule has 1 saturated carbocycles. The number of hydrogen-bond donors (Lipinski definition) is 3. The van der Waals surface area contributed by atoms with E-state index in [9.17, 15) is 13.5 Å². The van der Waals surface area contributed by atoms with Crippen LogP contribution in [0, 0.1) is 13.8 Å². The highest BCUT2D eigenvalue weighted by Gasteiger charge is 2.38. The molecule has 0 unspecified atom stereocenters. The van der Waals surface area contributed by atoms with E-state index < -0.39 is 15.6 Å². The molecule has 9 heteroatoms. The molecule has 168 valence electrons. The zero-order valence-corrected chi connectivity index (χ0v) is 19.6. The third kappa shape index (κ3) is 4.72. The molecule has 4 rings (SSSR count). The number of aromatic nitrogens is 2. The van der Waals surface area contributed by atoms with Gasteiger partial charge in [0, 0.05) is 11.6 Å². The molecular weight excluding hydrogens is 448 g/mol. The molecule has 7 nitrogen and oxygen atoms in total. The van der Waals surface area contributed by atoms with Crippen LogP contribution in [0.25, 0.3) is 11.3 Å². The first-order valence-electron chi connectivity index (χ1n) is 10.3. The summed E-state index contributed by atoms with van der Waals surface area (Å²) >= 11 is 6.39. The van der Waals surface area contributed by atoms with E-state index in [4.69, 9.17) is 11.6 Å². The number of nitrogens with zero attached hydrogens (tertiary/aromatic N) is 2. The van der Waals surface area contributed by atoms with E-state index >= 15 is 0 Å². The van der Waals surface area contributed by atoms with Crippen LogP contribution >= 0.6 is 11.6 Å². The zero-order chi connectivity index (χ0) is 23.1. The maximum absolute atomic E-state index is 13.0. The van der Waals surface area contributed by atoms with Crippen LogP contribution in [-0.4, -0.2) is 35.1 Å². The minimum absolute atomic E-state index is 0.0567. The highest BCUT2D eigenvalue weighted by atomic mass is 35.5. The third-order valence-corrected chi connectivity index (χ3v) is 7.09. The van der Waals surface area contributed by atoms with Gasteiger partial charge in [0.05, 0.1) is 16.3 Å². The SMILES string of the molecule is Cc1cccc(C)c1-c1nc(NS(=O)(=O)c2cccc(N[C@H]3C[C@@](C)(O)C3)n2)ccc1Cl. The average Bonchev–Trinajstić information content (AvgIpc) is 2.69. The quantitative estimate of drug-likeness (QED) is 0.486. The molecular formula is C23H25ClN4O3S. The second kappa shape index (κ2) is 8.35. The maximum Gasteiger partial charge on any atom is 0.280 e. The summed E-state index contributed by atoms with van der Waals surface area (Å²) in [7, 11) is -3.97. The van der Waals surface area contributed by atoms with Crippen LogP contribution in [0.2, 0.25) is 5.02 Å². The van der Waals surface area contributed by atoms with E-state index in [0.29, 0.717) is 29.4 Å². The Morgan fingerprint density at radius 2 is 1.66 bits per heavy atom. The number of sulfonamides is 1. The summed E-state index contributed by atoms with van der Waals surface area (Å²) in [6, 6.07) is 13.8. The lowest BCUT2D eigenvalue weighted by atomic mass is 9.77. The summed E-state index contributed by atoms with van der Waals surface area (Å²) in [5, 5.41) is 13.4. The van der Waals surface area contributed by atoms with Crippen molar-refractivity contribution in [1.82, 2.24) is 9.97 Å². The molecule has 0 radical (unpaired) electrons. The molecule has 1 aliphatic rings. The molecule has 0 bridgehead atoms. The third-order valence-electron chi connectivity index (χ3n) is 5.53. The van der Waals surface area contributed by atoms with Crippen LogP contribution in [0.15, 0.2) is 53.6 Å². The van der Waals surface area contributed by atoms with Crippen molar-refractivity contribution in [1.29, 1.82) is 0 Å². The molecule has 0 aliphatic heterocycles. The van der Waals surface area contributed by atoms with E-state index in [1.165, 1.54) is 12.1 Å². The van der Waals surface area contributed by atoms with Crippen molar-refractivity contribution >= 4 is 33.3 Å². The predicted octanol–water partition coefficient (Wildman–Crippen LogP) is 4.54. The van der Waals surface area contributed by atoms with Gasteiger partial charge in [-0.3, -0.25) is 4.72 Å². The van der Waals surface area contributed by atoms with E-state index in [1.807, 2.05) is 32.0 Å². The lowest BCUT2D eigenvalue weighted by Crippen LogP contribution is -2.48. The van der Waals surface area contributed by atoms with Gasteiger partial charge < -0.3 is 10.4 Å². The molecule has 32 heavy (non-hydrogen) atoms. The standard InChI is InChI=1S/C23H25ClN4O3S/c1-14-6-4-7-15(2)21(14)22-17(24)10-11-19(27-22)28-32(30,31)20-9-5-8-18(26-20)25-16-12-23(3,29)13-16/h4-11,16,29H,12-13H2,1-3H3,(H,25,26)(H,27,28)/t16-,23+. The van der Waals surface area contributed by atoms with Gasteiger partial charge in [-0.2, -0.15) is 8.42 Å². The van der Waals surface area contributed by atoms with Gasteiger partial charge in [0.25, 0.3) is 10.0 Å². The first kappa shape index (κ1) is 22.5. The highest BCUT2D eigenvalue weighted by Crippen LogP contribution is 2.34. The monoisotopic (exact) mass is 472 g/mol. The molecule has 0 spiro atoms. The van der Waals surface area contributed by atoms with E-state index in [0.717, 1.165) is 16.7 Å². The van der Waals surface area contributed by atoms with Crippen molar-refractivity contribution in [2.45, 2.75) is 50.3 Å². The molecule has 0 atom stereocenters. The van der Waals surface area contributed by atoms with Gasteiger partial charge in [0.2, 0.25) is 0 Å². The summed E-state index contributed by atoms with van der Waals surface area (Å²) in [5.41, 5.74) is 2.70. The number of hydrogen-bond acceptors (Lipinski definition) is 6. The fraction of sp³-hybridized carbons (Fsp3) is 0.304. The molecule has 0 amide bonds. The first-order chi connectivity index (χ1) is 15.0. The molecule has 1 aliphatic carbocycles. The van der Waals surface area contributed by atoms with Crippen molar-refractivity contribution in [3.63, 3.8) is 0 Å². The summed E-state index contributed by atoms with van der Waals surface area (Å²) in [5.74, 6) is 0.593. The topological polar surface area (TPSA) is 104 Å². The van der Waals surface area contributed by atoms with E-state index in [2.05, 4.69) is 20.0 Å². The van der Waals surface area contributed by atoms with Crippen LogP contribution in [0.1, 0.15) is 30.9 Å². The molecule has 1 fully saturated rings. The van der Waals surface area contributed by atoms with Crippen molar-refractivity contribution in [2.75, 3.05) is 10.0 Å². The lowest BCUT2D eigenvalue weighted by Gasteiger charge is -2.41. The number of aryl methyl sites for hydroxylation is 2. The lowest BCUT2D eigenvalue weighted by molar-refractivity contribution is -0.0235. The summed E-state index contributed by atoms with van der Waals surface area (Å²) in [6.07, 6.45) is 1.17. The smallest absolute Gasteiger partial charge is 0.280 e. The Morgan fingerprint density at radius 1 is 1.00 bits per heavy atom. The Hall–Kier alpha value is -2.68. The number of nitrogens with one attached hydrogen (secondary N) is 2. The van der Waals surface area contributed by atoms with Crippen LogP contribution in [0.5, 0.6) is 0 Å². The van der Waals surface area contributed by atoms with Crippen molar-refractivity contribution in [2.24, 2.45) is 0 Å². The fourth-order valence-corrected chi connectivity index (χ4v) is 5.18. The van der Waals surface area contributed by atoms with Crippen LogP contribution < -0.4 is 10.0 Å². The fourth-order valence-electron chi connectivity index (χ4n) is 4.01. The van der Waals surface area contributed by atoms with Gasteiger partial charge in [0.1, 0.15) is 11.6 Å². The Kier molecular flexibility index (Phi) is 5.87. The van der Waals surface area contributed by atoms with Gasteiger partial charge in [-0.25, -0.2) is 9.97 Å². The van der Waals surface area contributed by atoms with Gasteiger partial charge in [-0.1, -0.05) is 35.9 Å². The molecule has 2 aromatic heterocycles. The van der Waals surface area contributed by atoms with E-state index in [1.54, 1.807) is 25.1 Å². The number of aliphatic hydroxyl groups is 1. The van der Waals surface area contributed by atoms with Gasteiger partial charge >= 0.3 is 0 Å². The Balaban J connectivity index is 1.59. The van der Waals surface area contributed by atoms with Gasteiger partial charge in [-0.05, 0) is 69.0 Å². The summed E-state index contributed by atoms with van der Waals surface area (Å²) in [4.78, 5) is 8.73. The minimum Gasteiger partial charge on any atom is -0.390 e. The normalized spacial score (nSPS) is 20.5. The number of anilines is 2. The van der Waals surface area contributed by atoms with Crippen molar-refractivity contribution in [3.05, 3.63) is 64.7 Å². The van der Waals surface area contributed by atoms with E-state index in [-0.39, 0.29) is 16.9 Å². The number of rotatable bonds is 6. The predicted molar refractivity (Wildman–Crippen MR) is 126 cm³/mol. The molecule has 3 N–H and O–H groups in total. The van der Waals surface area contributed by atoms with Crippen molar-refractivity contribution < 1.29 is 13.5 Å². The molecule has 1 aromatic carbocycles. The van der Waals surface area contributed by atoms with Gasteiger partial charge in [0.15, 0.2) is 5.03 Å². The van der Waals surface area contributed by atoms with Crippen LogP contribution in [0.3, 0.4) is 0 Å². The van der Waals surface area contributed by atoms with Crippen molar-refractivity contribution in [3.8, 4) is 11.3 Å². The molecule has 2 heterocycles. The second-order valence-corrected chi connectivity index (χ2v) is 10.5. The minimum atomic E-state index is -3.97. The largest absolute Gasteiger partial charge is 0.390 e. The number of benzene rings is 1.